The van der Waals surface area contributed by atoms with Crippen LogP contribution in [0, 0.1) is 23.7 Å². The fraction of sp³-hybridized carbons (Fsp3) is 0.375. The second-order valence-electron chi connectivity index (χ2n) is 6.02. The van der Waals surface area contributed by atoms with Crippen molar-refractivity contribution >= 4 is 29.2 Å². The number of hydrogen-bond acceptors (Lipinski definition) is 2. The first kappa shape index (κ1) is 16.8. The Kier molecular flexibility index (Phi) is 4.07. The number of anilines is 1. The van der Waals surface area contributed by atoms with Gasteiger partial charge in [0.1, 0.15) is 0 Å². The third kappa shape index (κ3) is 2.88. The molecule has 2 bridgehead atoms. The molecule has 4 nitrogen and oxygen atoms in total. The summed E-state index contributed by atoms with van der Waals surface area (Å²) >= 11 is 5.54. The Bertz CT molecular complexity index is 732. The van der Waals surface area contributed by atoms with Crippen LogP contribution in [0.3, 0.4) is 0 Å². The van der Waals surface area contributed by atoms with Crippen molar-refractivity contribution in [2.75, 3.05) is 5.32 Å². The average Bonchev–Trinajstić information content (AvgIpc) is 3.08. The van der Waals surface area contributed by atoms with Gasteiger partial charge in [-0.05, 0) is 36.5 Å². The van der Waals surface area contributed by atoms with Gasteiger partial charge in [0.2, 0.25) is 5.91 Å². The number of carboxylic acids is 1. The van der Waals surface area contributed by atoms with Gasteiger partial charge in [0.05, 0.1) is 22.4 Å². The van der Waals surface area contributed by atoms with Gasteiger partial charge in [0, 0.05) is 5.69 Å². The van der Waals surface area contributed by atoms with E-state index in [1.807, 2.05) is 0 Å². The minimum Gasteiger partial charge on any atom is -0.481 e. The van der Waals surface area contributed by atoms with Gasteiger partial charge in [-0.25, -0.2) is 0 Å². The van der Waals surface area contributed by atoms with Crippen LogP contribution in [-0.4, -0.2) is 17.0 Å². The lowest BCUT2D eigenvalue weighted by Crippen LogP contribution is -2.36. The Hall–Kier alpha value is -2.02. The predicted molar refractivity (Wildman–Crippen MR) is 80.4 cm³/mol. The predicted octanol–water partition coefficient (Wildman–Crippen LogP) is 3.82. The molecule has 0 unspecified atom stereocenters. The van der Waals surface area contributed by atoms with E-state index in [0.29, 0.717) is 6.42 Å². The topological polar surface area (TPSA) is 66.4 Å². The standard InChI is InChI=1S/C16H13ClF3NO3/c17-11-4-3-9(6-10(11)16(18,19)20)21-14(22)12-7-1-2-8(5-7)13(12)15(23)24/h1-4,6-8,12-13H,5H2,(H,21,22)(H,23,24)/t7-,8-,12+,13-/m0/s1. The molecule has 0 spiro atoms. The molecule has 1 amide bonds. The Labute approximate surface area is 140 Å². The van der Waals surface area contributed by atoms with Crippen LogP contribution in [0.4, 0.5) is 18.9 Å². The molecule has 2 aliphatic rings. The molecule has 128 valence electrons. The molecule has 4 atom stereocenters. The van der Waals surface area contributed by atoms with Crippen LogP contribution in [0.25, 0.3) is 0 Å². The summed E-state index contributed by atoms with van der Waals surface area (Å²) in [4.78, 5) is 23.9. The normalized spacial score (nSPS) is 28.2. The smallest absolute Gasteiger partial charge is 0.417 e. The zero-order valence-electron chi connectivity index (χ0n) is 12.2. The summed E-state index contributed by atoms with van der Waals surface area (Å²) in [5.41, 5.74) is -1.11. The maximum Gasteiger partial charge on any atom is 0.417 e. The first-order chi connectivity index (χ1) is 11.2. The Morgan fingerprint density at radius 3 is 2.38 bits per heavy atom. The van der Waals surface area contributed by atoms with E-state index in [9.17, 15) is 27.9 Å². The van der Waals surface area contributed by atoms with E-state index < -0.39 is 40.5 Å². The quantitative estimate of drug-likeness (QED) is 0.806. The van der Waals surface area contributed by atoms with Gasteiger partial charge in [0.15, 0.2) is 0 Å². The molecule has 0 aromatic heterocycles. The molecule has 1 aromatic carbocycles. The van der Waals surface area contributed by atoms with E-state index in [1.54, 1.807) is 12.2 Å². The number of rotatable bonds is 3. The zero-order chi connectivity index (χ0) is 17.6. The Morgan fingerprint density at radius 2 is 1.79 bits per heavy atom. The van der Waals surface area contributed by atoms with Gasteiger partial charge in [-0.1, -0.05) is 23.8 Å². The summed E-state index contributed by atoms with van der Waals surface area (Å²) < 4.78 is 38.6. The van der Waals surface area contributed by atoms with Gasteiger partial charge < -0.3 is 10.4 Å². The Morgan fingerprint density at radius 1 is 1.17 bits per heavy atom. The molecule has 1 fully saturated rings. The zero-order valence-corrected chi connectivity index (χ0v) is 12.9. The van der Waals surface area contributed by atoms with Crippen LogP contribution in [0.1, 0.15) is 12.0 Å². The molecular weight excluding hydrogens is 347 g/mol. The summed E-state index contributed by atoms with van der Waals surface area (Å²) in [7, 11) is 0. The van der Waals surface area contributed by atoms with Crippen LogP contribution in [0.15, 0.2) is 30.4 Å². The number of halogens is 4. The lowest BCUT2D eigenvalue weighted by atomic mass is 9.82. The molecule has 2 aliphatic carbocycles. The van der Waals surface area contributed by atoms with E-state index in [2.05, 4.69) is 5.32 Å². The van der Waals surface area contributed by atoms with Crippen molar-refractivity contribution in [1.82, 2.24) is 0 Å². The molecule has 1 aromatic rings. The van der Waals surface area contributed by atoms with Crippen molar-refractivity contribution in [3.63, 3.8) is 0 Å². The number of aliphatic carboxylic acids is 1. The van der Waals surface area contributed by atoms with Gasteiger partial charge in [-0.3, -0.25) is 9.59 Å². The molecule has 8 heteroatoms. The highest BCUT2D eigenvalue weighted by molar-refractivity contribution is 6.31. The maximum atomic E-state index is 12.9. The first-order valence-electron chi connectivity index (χ1n) is 7.27. The van der Waals surface area contributed by atoms with E-state index in [0.717, 1.165) is 12.1 Å². The number of alkyl halides is 3. The van der Waals surface area contributed by atoms with Crippen LogP contribution in [0.5, 0.6) is 0 Å². The molecule has 1 saturated carbocycles. The van der Waals surface area contributed by atoms with Crippen LogP contribution in [0.2, 0.25) is 5.02 Å². The SMILES string of the molecule is O=C(O)[C@@H]1[C@H](C(=O)Nc2ccc(Cl)c(C(F)(F)F)c2)[C@H]2C=C[C@H]1C2. The van der Waals surface area contributed by atoms with Crippen molar-refractivity contribution in [1.29, 1.82) is 0 Å². The molecular formula is C16H13ClF3NO3. The fourth-order valence-corrected chi connectivity index (χ4v) is 3.79. The van der Waals surface area contributed by atoms with Gasteiger partial charge in [-0.2, -0.15) is 13.2 Å². The molecule has 2 N–H and O–H groups in total. The highest BCUT2D eigenvalue weighted by Crippen LogP contribution is 2.48. The monoisotopic (exact) mass is 359 g/mol. The third-order valence-electron chi connectivity index (χ3n) is 4.59. The summed E-state index contributed by atoms with van der Waals surface area (Å²) in [5, 5.41) is 11.3. The summed E-state index contributed by atoms with van der Waals surface area (Å²) in [6.07, 6.45) is -0.477. The number of nitrogens with one attached hydrogen (secondary N) is 1. The van der Waals surface area contributed by atoms with Crippen molar-refractivity contribution in [3.05, 3.63) is 40.9 Å². The van der Waals surface area contributed by atoms with E-state index in [4.69, 9.17) is 11.6 Å². The molecule has 0 saturated heterocycles. The molecule has 0 heterocycles. The van der Waals surface area contributed by atoms with Crippen LogP contribution in [-0.2, 0) is 15.8 Å². The number of benzene rings is 1. The molecule has 3 rings (SSSR count). The van der Waals surface area contributed by atoms with E-state index >= 15 is 0 Å². The molecule has 0 aliphatic heterocycles. The number of amides is 1. The second kappa shape index (κ2) is 5.81. The summed E-state index contributed by atoms with van der Waals surface area (Å²) in [6.45, 7) is 0. The van der Waals surface area contributed by atoms with Crippen molar-refractivity contribution in [2.24, 2.45) is 23.7 Å². The van der Waals surface area contributed by atoms with Crippen molar-refractivity contribution in [2.45, 2.75) is 12.6 Å². The highest BCUT2D eigenvalue weighted by atomic mass is 35.5. The molecule has 24 heavy (non-hydrogen) atoms. The van der Waals surface area contributed by atoms with Gasteiger partial charge in [-0.15, -0.1) is 0 Å². The maximum absolute atomic E-state index is 12.9. The summed E-state index contributed by atoms with van der Waals surface area (Å²) in [5.74, 6) is -3.71. The number of carbonyl (C=O) groups is 2. The average molecular weight is 360 g/mol. The van der Waals surface area contributed by atoms with Crippen molar-refractivity contribution in [3.8, 4) is 0 Å². The van der Waals surface area contributed by atoms with Gasteiger partial charge >= 0.3 is 12.1 Å². The largest absolute Gasteiger partial charge is 0.481 e. The van der Waals surface area contributed by atoms with Crippen LogP contribution < -0.4 is 5.32 Å². The number of hydrogen-bond donors (Lipinski definition) is 2. The minimum absolute atomic E-state index is 0.0624. The van der Waals surface area contributed by atoms with Crippen molar-refractivity contribution < 1.29 is 27.9 Å². The second-order valence-corrected chi connectivity index (χ2v) is 6.43. The Balaban J connectivity index is 1.83. The number of carboxylic acid groups (broad SMARTS) is 1. The fourth-order valence-electron chi connectivity index (χ4n) is 3.56. The lowest BCUT2D eigenvalue weighted by Gasteiger charge is -2.24. The first-order valence-corrected chi connectivity index (χ1v) is 7.65. The number of fused-ring (bicyclic) bond motifs is 2. The minimum atomic E-state index is -4.64. The number of carbonyl (C=O) groups excluding carboxylic acids is 1. The third-order valence-corrected chi connectivity index (χ3v) is 4.92. The van der Waals surface area contributed by atoms with E-state index in [-0.39, 0.29) is 17.5 Å². The van der Waals surface area contributed by atoms with E-state index in [1.165, 1.54) is 6.07 Å². The molecule has 0 radical (unpaired) electrons. The highest BCUT2D eigenvalue weighted by Gasteiger charge is 2.51. The van der Waals surface area contributed by atoms with Crippen LogP contribution >= 0.6 is 11.6 Å². The van der Waals surface area contributed by atoms with Gasteiger partial charge in [0.25, 0.3) is 0 Å². The number of allylic oxidation sites excluding steroid dienone is 2. The summed E-state index contributed by atoms with van der Waals surface area (Å²) in [6, 6.07) is 3.06. The lowest BCUT2D eigenvalue weighted by molar-refractivity contribution is -0.146.